The molecule has 0 spiro atoms. The molecule has 0 aliphatic heterocycles. The first-order chi connectivity index (χ1) is 12.4. The molecule has 0 unspecified atom stereocenters. The molecule has 2 aromatic heterocycles. The first-order valence-corrected chi connectivity index (χ1v) is 8.45. The van der Waals surface area contributed by atoms with E-state index in [-0.39, 0.29) is 23.6 Å². The molecule has 3 aromatic rings. The van der Waals surface area contributed by atoms with Crippen LogP contribution < -0.4 is 11.3 Å². The molecular weight excluding hydrogens is 362 g/mol. The Morgan fingerprint density at radius 3 is 2.54 bits per heavy atom. The summed E-state index contributed by atoms with van der Waals surface area (Å²) in [6.45, 7) is -0.0350. The van der Waals surface area contributed by atoms with Crippen molar-refractivity contribution in [3.8, 4) is 5.00 Å². The van der Waals surface area contributed by atoms with E-state index in [4.69, 9.17) is 10.8 Å². The molecule has 0 atom stereocenters. The number of carbonyl (C=O) groups is 1. The lowest BCUT2D eigenvalue weighted by molar-refractivity contribution is 0.103. The zero-order valence-corrected chi connectivity index (χ0v) is 14.2. The lowest BCUT2D eigenvalue weighted by Crippen LogP contribution is -2.23. The highest BCUT2D eigenvalue weighted by Crippen LogP contribution is 2.25. The topological polar surface area (TPSA) is 85.3 Å². The van der Waals surface area contributed by atoms with Gasteiger partial charge in [-0.1, -0.05) is 0 Å². The standard InChI is InChI=1S/C18H14F2N2O3S/c19-10-1-3-12(14(20)9-10)17(25)13-4-5-15(24)22(18(13)21)16-6-2-11(26-16)7-8-23/h1-6,9,23H,7-8,21H2. The number of pyridine rings is 1. The monoisotopic (exact) mass is 376 g/mol. The van der Waals surface area contributed by atoms with Crippen LogP contribution in [-0.4, -0.2) is 22.1 Å². The smallest absolute Gasteiger partial charge is 0.257 e. The Hall–Kier alpha value is -2.84. The number of aliphatic hydroxyl groups excluding tert-OH is 1. The number of nitrogens with two attached hydrogens (primary N) is 1. The number of anilines is 1. The summed E-state index contributed by atoms with van der Waals surface area (Å²) in [5.74, 6) is -2.69. The number of halogens is 2. The highest BCUT2D eigenvalue weighted by molar-refractivity contribution is 7.14. The van der Waals surface area contributed by atoms with Gasteiger partial charge in [-0.2, -0.15) is 0 Å². The fraction of sp³-hybridized carbons (Fsp3) is 0.111. The lowest BCUT2D eigenvalue weighted by Gasteiger charge is -2.11. The molecule has 0 aliphatic rings. The van der Waals surface area contributed by atoms with Crippen molar-refractivity contribution in [3.63, 3.8) is 0 Å². The zero-order valence-electron chi connectivity index (χ0n) is 13.4. The van der Waals surface area contributed by atoms with Crippen LogP contribution >= 0.6 is 11.3 Å². The fourth-order valence-corrected chi connectivity index (χ4v) is 3.54. The highest BCUT2D eigenvalue weighted by Gasteiger charge is 2.20. The average molecular weight is 376 g/mol. The molecule has 134 valence electrons. The van der Waals surface area contributed by atoms with Gasteiger partial charge in [-0.3, -0.25) is 14.2 Å². The minimum absolute atomic E-state index is 0.0350. The van der Waals surface area contributed by atoms with Crippen molar-refractivity contribution < 1.29 is 18.7 Å². The van der Waals surface area contributed by atoms with Gasteiger partial charge in [0.25, 0.3) is 5.56 Å². The molecule has 3 N–H and O–H groups in total. The van der Waals surface area contributed by atoms with E-state index in [9.17, 15) is 18.4 Å². The van der Waals surface area contributed by atoms with E-state index in [2.05, 4.69) is 0 Å². The minimum Gasteiger partial charge on any atom is -0.396 e. The second kappa shape index (κ2) is 7.19. The van der Waals surface area contributed by atoms with E-state index in [1.807, 2.05) is 0 Å². The minimum atomic E-state index is -1.01. The summed E-state index contributed by atoms with van der Waals surface area (Å²) >= 11 is 1.25. The maximum absolute atomic E-state index is 13.9. The number of benzene rings is 1. The summed E-state index contributed by atoms with van der Waals surface area (Å²) in [6.07, 6.45) is 0.429. The summed E-state index contributed by atoms with van der Waals surface area (Å²) < 4.78 is 28.1. The summed E-state index contributed by atoms with van der Waals surface area (Å²) in [5, 5.41) is 9.48. The molecule has 2 heterocycles. The molecule has 0 amide bonds. The number of nitrogen functional groups attached to an aromatic ring is 1. The van der Waals surface area contributed by atoms with Crippen LogP contribution in [0.3, 0.4) is 0 Å². The molecule has 0 aliphatic carbocycles. The Morgan fingerprint density at radius 2 is 1.85 bits per heavy atom. The number of aliphatic hydroxyl groups is 1. The maximum Gasteiger partial charge on any atom is 0.257 e. The van der Waals surface area contributed by atoms with E-state index in [1.165, 1.54) is 17.4 Å². The fourth-order valence-electron chi connectivity index (χ4n) is 2.52. The molecule has 3 rings (SSSR count). The molecule has 0 saturated carbocycles. The number of aromatic nitrogens is 1. The van der Waals surface area contributed by atoms with Crippen molar-refractivity contribution in [3.05, 3.63) is 80.5 Å². The van der Waals surface area contributed by atoms with Gasteiger partial charge in [-0.25, -0.2) is 8.78 Å². The van der Waals surface area contributed by atoms with Crippen LogP contribution in [0.25, 0.3) is 5.00 Å². The van der Waals surface area contributed by atoms with Gasteiger partial charge in [-0.05, 0) is 30.3 Å². The van der Waals surface area contributed by atoms with Crippen LogP contribution in [0.15, 0.2) is 47.3 Å². The molecule has 0 fully saturated rings. The van der Waals surface area contributed by atoms with E-state index in [0.29, 0.717) is 17.5 Å². The Kier molecular flexibility index (Phi) is 4.97. The molecule has 5 nitrogen and oxygen atoms in total. The van der Waals surface area contributed by atoms with Crippen molar-refractivity contribution in [2.24, 2.45) is 0 Å². The summed E-state index contributed by atoms with van der Waals surface area (Å²) in [7, 11) is 0. The lowest BCUT2D eigenvalue weighted by atomic mass is 10.0. The SMILES string of the molecule is Nc1c(C(=O)c2ccc(F)cc2F)ccc(=O)n1-c1ccc(CCO)s1. The molecule has 1 aromatic carbocycles. The van der Waals surface area contributed by atoms with Crippen molar-refractivity contribution in [1.82, 2.24) is 4.57 Å². The van der Waals surface area contributed by atoms with Gasteiger partial charge in [-0.15, -0.1) is 11.3 Å². The van der Waals surface area contributed by atoms with Crippen LogP contribution in [0.1, 0.15) is 20.8 Å². The van der Waals surface area contributed by atoms with Crippen LogP contribution in [-0.2, 0) is 6.42 Å². The van der Waals surface area contributed by atoms with Gasteiger partial charge in [0.05, 0.1) is 11.1 Å². The predicted octanol–water partition coefficient (Wildman–Crippen LogP) is 2.53. The zero-order chi connectivity index (χ0) is 18.8. The second-order valence-corrected chi connectivity index (χ2v) is 6.62. The van der Waals surface area contributed by atoms with E-state index < -0.39 is 23.0 Å². The van der Waals surface area contributed by atoms with Gasteiger partial charge in [0.15, 0.2) is 5.78 Å². The number of ketones is 1. The third kappa shape index (κ3) is 3.29. The van der Waals surface area contributed by atoms with Crippen molar-refractivity contribution in [2.75, 3.05) is 12.3 Å². The molecule has 0 radical (unpaired) electrons. The third-order valence-electron chi connectivity index (χ3n) is 3.78. The van der Waals surface area contributed by atoms with Crippen LogP contribution in [0.2, 0.25) is 0 Å². The van der Waals surface area contributed by atoms with E-state index in [0.717, 1.165) is 27.6 Å². The van der Waals surface area contributed by atoms with Gasteiger partial charge < -0.3 is 10.8 Å². The summed E-state index contributed by atoms with van der Waals surface area (Å²) in [6, 6.07) is 8.41. The summed E-state index contributed by atoms with van der Waals surface area (Å²) in [4.78, 5) is 25.7. The first kappa shape index (κ1) is 18.0. The number of rotatable bonds is 5. The van der Waals surface area contributed by atoms with E-state index in [1.54, 1.807) is 12.1 Å². The van der Waals surface area contributed by atoms with Crippen molar-refractivity contribution in [2.45, 2.75) is 6.42 Å². The predicted molar refractivity (Wildman–Crippen MR) is 94.9 cm³/mol. The van der Waals surface area contributed by atoms with Crippen LogP contribution in [0.5, 0.6) is 0 Å². The third-order valence-corrected chi connectivity index (χ3v) is 4.91. The maximum atomic E-state index is 13.9. The number of hydrogen-bond acceptors (Lipinski definition) is 5. The highest BCUT2D eigenvalue weighted by atomic mass is 32.1. The van der Waals surface area contributed by atoms with Gasteiger partial charge in [0.2, 0.25) is 0 Å². The molecular formula is C18H14F2N2O3S. The largest absolute Gasteiger partial charge is 0.396 e. The number of thiophene rings is 1. The summed E-state index contributed by atoms with van der Waals surface area (Å²) in [5.41, 5.74) is 5.17. The number of nitrogens with zero attached hydrogens (tertiary/aromatic N) is 1. The molecule has 0 saturated heterocycles. The molecule has 0 bridgehead atoms. The quantitative estimate of drug-likeness (QED) is 0.670. The van der Waals surface area contributed by atoms with Gasteiger partial charge in [0.1, 0.15) is 22.5 Å². The van der Waals surface area contributed by atoms with Crippen molar-refractivity contribution >= 4 is 22.9 Å². The Bertz CT molecular complexity index is 1040. The first-order valence-electron chi connectivity index (χ1n) is 7.63. The van der Waals surface area contributed by atoms with Crippen molar-refractivity contribution in [1.29, 1.82) is 0 Å². The average Bonchev–Trinajstić information content (AvgIpc) is 3.03. The Morgan fingerprint density at radius 1 is 1.12 bits per heavy atom. The van der Waals surface area contributed by atoms with Crippen LogP contribution in [0, 0.1) is 11.6 Å². The molecule has 26 heavy (non-hydrogen) atoms. The normalized spacial score (nSPS) is 10.9. The van der Waals surface area contributed by atoms with Crippen LogP contribution in [0.4, 0.5) is 14.6 Å². The van der Waals surface area contributed by atoms with E-state index >= 15 is 0 Å². The Labute approximate surface area is 150 Å². The van der Waals surface area contributed by atoms with Gasteiger partial charge in [0, 0.05) is 30.0 Å². The van der Waals surface area contributed by atoms with Gasteiger partial charge >= 0.3 is 0 Å². The Balaban J connectivity index is 2.09. The molecule has 8 heteroatoms. The number of carbonyl (C=O) groups excluding carboxylic acids is 1. The number of hydrogen-bond donors (Lipinski definition) is 2. The second-order valence-electron chi connectivity index (χ2n) is 5.47.